The zero-order chi connectivity index (χ0) is 15.9. The Balaban J connectivity index is 1.91. The van der Waals surface area contributed by atoms with E-state index in [1.165, 1.54) is 0 Å². The highest BCUT2D eigenvalue weighted by Crippen LogP contribution is 2.19. The maximum Gasteiger partial charge on any atom is 0.335 e. The monoisotopic (exact) mass is 322 g/mol. The topological polar surface area (TPSA) is 74.5 Å². The zero-order valence-corrected chi connectivity index (χ0v) is 12.7. The lowest BCUT2D eigenvalue weighted by Gasteiger charge is -2.09. The number of aromatic nitrogens is 2. The van der Waals surface area contributed by atoms with E-state index in [1.54, 1.807) is 37.3 Å². The molecule has 1 heterocycles. The van der Waals surface area contributed by atoms with Crippen LogP contribution in [0, 0.1) is 0 Å². The summed E-state index contributed by atoms with van der Waals surface area (Å²) in [6.45, 7) is 5.29. The van der Waals surface area contributed by atoms with Gasteiger partial charge in [0.25, 0.3) is 5.89 Å². The Labute approximate surface area is 132 Å². The molecule has 0 saturated heterocycles. The van der Waals surface area contributed by atoms with Crippen LogP contribution in [0.4, 0.5) is 0 Å². The van der Waals surface area contributed by atoms with Gasteiger partial charge in [0, 0.05) is 10.6 Å². The van der Waals surface area contributed by atoms with Crippen molar-refractivity contribution >= 4 is 17.6 Å². The number of nitrogens with zero attached hydrogens (tertiary/aromatic N) is 2. The molecule has 0 radical (unpaired) electrons. The molecule has 0 N–H and O–H groups in total. The third-order valence-corrected chi connectivity index (χ3v) is 2.95. The van der Waals surface area contributed by atoms with Crippen LogP contribution < -0.4 is 0 Å². The van der Waals surface area contributed by atoms with Crippen molar-refractivity contribution in [3.8, 4) is 11.5 Å². The standard InChI is InChI=1S/C15H15ClN2O4/c1-3-8-20-10(2)15(19)21-9-13-17-14(22-18-13)11-4-6-12(16)7-5-11/h3-7,10H,1,8-9H2,2H3. The molecule has 1 atom stereocenters. The molecule has 2 aromatic rings. The van der Waals surface area contributed by atoms with Crippen LogP contribution in [0.2, 0.25) is 5.02 Å². The van der Waals surface area contributed by atoms with Gasteiger partial charge in [0.2, 0.25) is 5.82 Å². The SMILES string of the molecule is C=CCOC(C)C(=O)OCc1noc(-c2ccc(Cl)cc2)n1. The number of carbonyl (C=O) groups excluding carboxylic acids is 1. The van der Waals surface area contributed by atoms with Crippen LogP contribution >= 0.6 is 11.6 Å². The van der Waals surface area contributed by atoms with E-state index < -0.39 is 12.1 Å². The summed E-state index contributed by atoms with van der Waals surface area (Å²) in [5.74, 6) is 0.104. The van der Waals surface area contributed by atoms with Gasteiger partial charge in [-0.05, 0) is 31.2 Å². The molecule has 1 unspecified atom stereocenters. The van der Waals surface area contributed by atoms with Gasteiger partial charge >= 0.3 is 5.97 Å². The third-order valence-electron chi connectivity index (χ3n) is 2.70. The molecule has 0 bridgehead atoms. The van der Waals surface area contributed by atoms with E-state index in [-0.39, 0.29) is 19.0 Å². The van der Waals surface area contributed by atoms with Crippen molar-refractivity contribution in [1.29, 1.82) is 0 Å². The summed E-state index contributed by atoms with van der Waals surface area (Å²) in [4.78, 5) is 15.8. The second-order valence-electron chi connectivity index (χ2n) is 4.39. The Hall–Kier alpha value is -2.18. The molecule has 6 nitrogen and oxygen atoms in total. The lowest BCUT2D eigenvalue weighted by molar-refractivity contribution is -0.156. The van der Waals surface area contributed by atoms with Gasteiger partial charge in [0.15, 0.2) is 12.7 Å². The summed E-state index contributed by atoms with van der Waals surface area (Å²) in [6, 6.07) is 6.96. The van der Waals surface area contributed by atoms with Crippen molar-refractivity contribution in [2.75, 3.05) is 6.61 Å². The third kappa shape index (κ3) is 4.41. The molecule has 7 heteroatoms. The van der Waals surface area contributed by atoms with Crippen LogP contribution in [0.3, 0.4) is 0 Å². The first-order valence-corrected chi connectivity index (χ1v) is 6.95. The quantitative estimate of drug-likeness (QED) is 0.576. The number of benzene rings is 1. The predicted octanol–water partition coefficient (Wildman–Crippen LogP) is 3.02. The van der Waals surface area contributed by atoms with E-state index in [0.717, 1.165) is 5.56 Å². The van der Waals surface area contributed by atoms with Gasteiger partial charge in [-0.3, -0.25) is 0 Å². The summed E-state index contributed by atoms with van der Waals surface area (Å²) in [7, 11) is 0. The number of carbonyl (C=O) groups is 1. The van der Waals surface area contributed by atoms with Crippen LogP contribution in [0.5, 0.6) is 0 Å². The second-order valence-corrected chi connectivity index (χ2v) is 4.83. The van der Waals surface area contributed by atoms with Crippen LogP contribution in [0.1, 0.15) is 12.7 Å². The van der Waals surface area contributed by atoms with Crippen molar-refractivity contribution in [3.05, 3.63) is 47.8 Å². The van der Waals surface area contributed by atoms with Gasteiger partial charge in [-0.2, -0.15) is 4.98 Å². The maximum atomic E-state index is 11.7. The summed E-state index contributed by atoms with van der Waals surface area (Å²) in [6.07, 6.45) is 0.877. The van der Waals surface area contributed by atoms with Crippen LogP contribution in [-0.2, 0) is 20.9 Å². The van der Waals surface area contributed by atoms with E-state index in [0.29, 0.717) is 10.9 Å². The van der Waals surface area contributed by atoms with Gasteiger partial charge in [-0.25, -0.2) is 4.79 Å². The number of hydrogen-bond donors (Lipinski definition) is 0. The molecule has 0 saturated carbocycles. The molecule has 22 heavy (non-hydrogen) atoms. The number of esters is 1. The molecule has 0 amide bonds. The van der Waals surface area contributed by atoms with E-state index >= 15 is 0 Å². The second kappa shape index (κ2) is 7.72. The first-order valence-electron chi connectivity index (χ1n) is 6.58. The molecule has 0 fully saturated rings. The summed E-state index contributed by atoms with van der Waals surface area (Å²) < 4.78 is 15.3. The Morgan fingerprint density at radius 3 is 2.86 bits per heavy atom. The van der Waals surface area contributed by atoms with E-state index in [4.69, 9.17) is 25.6 Å². The summed E-state index contributed by atoms with van der Waals surface area (Å²) in [5, 5.41) is 4.37. The van der Waals surface area contributed by atoms with Crippen LogP contribution in [0.15, 0.2) is 41.4 Å². The Bertz CT molecular complexity index is 639. The number of ether oxygens (including phenoxy) is 2. The molecule has 0 aliphatic rings. The van der Waals surface area contributed by atoms with Gasteiger partial charge in [0.05, 0.1) is 6.61 Å². The van der Waals surface area contributed by atoms with E-state index in [1.807, 2.05) is 0 Å². The molecule has 1 aromatic heterocycles. The number of hydrogen-bond acceptors (Lipinski definition) is 6. The highest BCUT2D eigenvalue weighted by molar-refractivity contribution is 6.30. The molecule has 0 aliphatic carbocycles. The van der Waals surface area contributed by atoms with Crippen molar-refractivity contribution in [3.63, 3.8) is 0 Å². The van der Waals surface area contributed by atoms with Gasteiger partial charge in [0.1, 0.15) is 0 Å². The lowest BCUT2D eigenvalue weighted by Crippen LogP contribution is -2.23. The molecular formula is C15H15ClN2O4. The molecule has 0 spiro atoms. The van der Waals surface area contributed by atoms with Crippen molar-refractivity contribution in [1.82, 2.24) is 10.1 Å². The van der Waals surface area contributed by atoms with Crippen LogP contribution in [0.25, 0.3) is 11.5 Å². The van der Waals surface area contributed by atoms with Gasteiger partial charge in [-0.1, -0.05) is 22.8 Å². The fourth-order valence-electron chi connectivity index (χ4n) is 1.56. The minimum Gasteiger partial charge on any atom is -0.455 e. The minimum atomic E-state index is -0.680. The molecule has 0 aliphatic heterocycles. The highest BCUT2D eigenvalue weighted by atomic mass is 35.5. The molecule has 2 rings (SSSR count). The zero-order valence-electron chi connectivity index (χ0n) is 12.0. The summed E-state index contributed by atoms with van der Waals surface area (Å²) in [5.41, 5.74) is 0.733. The first-order chi connectivity index (χ1) is 10.6. The minimum absolute atomic E-state index is 0.0856. The first kappa shape index (κ1) is 16.2. The number of halogens is 1. The van der Waals surface area contributed by atoms with E-state index in [9.17, 15) is 4.79 Å². The van der Waals surface area contributed by atoms with Crippen molar-refractivity contribution in [2.24, 2.45) is 0 Å². The number of rotatable bonds is 7. The highest BCUT2D eigenvalue weighted by Gasteiger charge is 2.16. The fraction of sp³-hybridized carbons (Fsp3) is 0.267. The molecule has 1 aromatic carbocycles. The van der Waals surface area contributed by atoms with Crippen LogP contribution in [-0.4, -0.2) is 28.8 Å². The normalized spacial score (nSPS) is 11.9. The van der Waals surface area contributed by atoms with E-state index in [2.05, 4.69) is 16.7 Å². The lowest BCUT2D eigenvalue weighted by atomic mass is 10.2. The average molecular weight is 323 g/mol. The van der Waals surface area contributed by atoms with Crippen molar-refractivity contribution < 1.29 is 18.8 Å². The summed E-state index contributed by atoms with van der Waals surface area (Å²) >= 11 is 5.81. The largest absolute Gasteiger partial charge is 0.455 e. The van der Waals surface area contributed by atoms with Gasteiger partial charge in [-0.15, -0.1) is 6.58 Å². The molecular weight excluding hydrogens is 308 g/mol. The fourth-order valence-corrected chi connectivity index (χ4v) is 1.68. The van der Waals surface area contributed by atoms with Crippen molar-refractivity contribution in [2.45, 2.75) is 19.6 Å². The Morgan fingerprint density at radius 2 is 2.18 bits per heavy atom. The molecule has 116 valence electrons. The maximum absolute atomic E-state index is 11.7. The Morgan fingerprint density at radius 1 is 1.45 bits per heavy atom. The smallest absolute Gasteiger partial charge is 0.335 e. The Kier molecular flexibility index (Phi) is 5.68. The van der Waals surface area contributed by atoms with Gasteiger partial charge < -0.3 is 14.0 Å². The average Bonchev–Trinajstić information content (AvgIpc) is 2.99. The predicted molar refractivity (Wildman–Crippen MR) is 80.2 cm³/mol.